The minimum atomic E-state index is -1.49. The number of hydrogen-bond donors (Lipinski definition) is 1. The van der Waals surface area contributed by atoms with Crippen molar-refractivity contribution in [2.45, 2.75) is 6.04 Å². The largest absolute Gasteiger partial charge is 0.427 e. The van der Waals surface area contributed by atoms with Crippen LogP contribution in [0.5, 0.6) is 0 Å². The van der Waals surface area contributed by atoms with Crippen LogP contribution in [-0.2, 0) is 6.04 Å². The molecule has 3 rings (SSSR count). The summed E-state index contributed by atoms with van der Waals surface area (Å²) in [4.78, 5) is 10.3. The maximum Gasteiger partial charge on any atom is 0.247 e. The van der Waals surface area contributed by atoms with Gasteiger partial charge in [-0.05, 0) is 27.6 Å². The van der Waals surface area contributed by atoms with E-state index in [0.717, 1.165) is 11.2 Å². The lowest BCUT2D eigenvalue weighted by atomic mass is 10.1. The maximum absolute atomic E-state index is 10.3. The van der Waals surface area contributed by atoms with E-state index in [2.05, 4.69) is 30.3 Å². The third-order valence-corrected chi connectivity index (χ3v) is 5.04. The molecule has 3 aromatic carbocycles. The van der Waals surface area contributed by atoms with Gasteiger partial charge in [0.25, 0.3) is 0 Å². The van der Waals surface area contributed by atoms with Crippen LogP contribution in [0.2, 0.25) is 0 Å². The van der Waals surface area contributed by atoms with Crippen LogP contribution < -0.4 is 5.19 Å². The van der Waals surface area contributed by atoms with Crippen LogP contribution in [-0.4, -0.2) is 13.8 Å². The van der Waals surface area contributed by atoms with Crippen molar-refractivity contribution in [3.05, 3.63) is 78.4 Å². The highest BCUT2D eigenvalue weighted by Gasteiger charge is 2.12. The van der Waals surface area contributed by atoms with Crippen molar-refractivity contribution in [3.8, 4) is 0 Å². The Balaban J connectivity index is 1.85. The minimum absolute atomic E-state index is 0.750. The van der Waals surface area contributed by atoms with E-state index in [4.69, 9.17) is 0 Å². The molecule has 0 spiro atoms. The predicted molar refractivity (Wildman–Crippen MR) is 81.7 cm³/mol. The number of benzene rings is 3. The van der Waals surface area contributed by atoms with Gasteiger partial charge in [0.15, 0.2) is 0 Å². The molecule has 1 radical (unpaired) electrons. The summed E-state index contributed by atoms with van der Waals surface area (Å²) in [6, 6.07) is 25.5. The van der Waals surface area contributed by atoms with Crippen LogP contribution in [0.4, 0.5) is 0 Å². The molecule has 93 valence electrons. The van der Waals surface area contributed by atoms with E-state index in [9.17, 15) is 4.80 Å². The molecule has 0 heterocycles. The molecule has 0 aliphatic heterocycles. The molecule has 0 fully saturated rings. The quantitative estimate of drug-likeness (QED) is 0.720. The van der Waals surface area contributed by atoms with Gasteiger partial charge >= 0.3 is 0 Å². The Morgan fingerprint density at radius 2 is 1.42 bits per heavy atom. The van der Waals surface area contributed by atoms with Gasteiger partial charge in [0.05, 0.1) is 0 Å². The molecule has 1 N–H and O–H groups in total. The molecule has 0 saturated heterocycles. The van der Waals surface area contributed by atoms with E-state index in [1.54, 1.807) is 0 Å². The molecule has 19 heavy (non-hydrogen) atoms. The highest BCUT2D eigenvalue weighted by molar-refractivity contribution is 6.65. The SMILES string of the molecule is O[Si](Cc1ccc2ccccc2c1)c1ccccc1. The summed E-state index contributed by atoms with van der Waals surface area (Å²) in [5.74, 6) is 0. The van der Waals surface area contributed by atoms with E-state index < -0.39 is 9.04 Å². The molecule has 0 bridgehead atoms. The first-order chi connectivity index (χ1) is 9.33. The smallest absolute Gasteiger partial charge is 0.247 e. The monoisotopic (exact) mass is 263 g/mol. The van der Waals surface area contributed by atoms with Gasteiger partial charge in [0.2, 0.25) is 9.04 Å². The molecule has 0 aliphatic rings. The molecule has 0 unspecified atom stereocenters. The predicted octanol–water partition coefficient (Wildman–Crippen LogP) is 2.81. The van der Waals surface area contributed by atoms with Gasteiger partial charge < -0.3 is 4.80 Å². The molecule has 0 aliphatic carbocycles. The average molecular weight is 263 g/mol. The lowest BCUT2D eigenvalue weighted by Crippen LogP contribution is -2.32. The van der Waals surface area contributed by atoms with Crippen molar-refractivity contribution < 1.29 is 4.80 Å². The van der Waals surface area contributed by atoms with E-state index in [1.165, 1.54) is 16.3 Å². The fourth-order valence-electron chi connectivity index (χ4n) is 2.27. The van der Waals surface area contributed by atoms with Gasteiger partial charge in [0.1, 0.15) is 0 Å². The summed E-state index contributed by atoms with van der Waals surface area (Å²) in [7, 11) is -1.49. The Kier molecular flexibility index (Phi) is 3.44. The van der Waals surface area contributed by atoms with E-state index in [0.29, 0.717) is 0 Å². The van der Waals surface area contributed by atoms with Crippen molar-refractivity contribution in [2.24, 2.45) is 0 Å². The highest BCUT2D eigenvalue weighted by Crippen LogP contribution is 2.16. The molecule has 0 amide bonds. The van der Waals surface area contributed by atoms with Crippen LogP contribution in [0.15, 0.2) is 72.8 Å². The molecule has 1 nitrogen and oxygen atoms in total. The Morgan fingerprint density at radius 3 is 2.21 bits per heavy atom. The van der Waals surface area contributed by atoms with Gasteiger partial charge in [-0.25, -0.2) is 0 Å². The number of fused-ring (bicyclic) bond motifs is 1. The zero-order chi connectivity index (χ0) is 13.1. The second-order valence-corrected chi connectivity index (χ2v) is 6.50. The van der Waals surface area contributed by atoms with Crippen LogP contribution in [0.25, 0.3) is 10.8 Å². The Morgan fingerprint density at radius 1 is 0.737 bits per heavy atom. The Labute approximate surface area is 114 Å². The third-order valence-electron chi connectivity index (χ3n) is 3.29. The van der Waals surface area contributed by atoms with Crippen LogP contribution in [0.1, 0.15) is 5.56 Å². The van der Waals surface area contributed by atoms with Crippen molar-refractivity contribution in [1.82, 2.24) is 0 Å². The lowest BCUT2D eigenvalue weighted by Gasteiger charge is -2.08. The molecular formula is C17H15OSi. The van der Waals surface area contributed by atoms with Gasteiger partial charge in [-0.1, -0.05) is 72.8 Å². The Bertz CT molecular complexity index is 679. The lowest BCUT2D eigenvalue weighted by molar-refractivity contribution is 0.584. The summed E-state index contributed by atoms with van der Waals surface area (Å²) >= 11 is 0. The first kappa shape index (κ1) is 12.1. The first-order valence-corrected chi connectivity index (χ1v) is 8.06. The summed E-state index contributed by atoms with van der Waals surface area (Å²) < 4.78 is 0. The Hall–Kier alpha value is -1.90. The van der Waals surface area contributed by atoms with Gasteiger partial charge in [-0.3, -0.25) is 0 Å². The molecule has 0 aromatic heterocycles. The van der Waals surface area contributed by atoms with Gasteiger partial charge in [-0.2, -0.15) is 0 Å². The van der Waals surface area contributed by atoms with Crippen LogP contribution in [0.3, 0.4) is 0 Å². The van der Waals surface area contributed by atoms with Crippen LogP contribution >= 0.6 is 0 Å². The minimum Gasteiger partial charge on any atom is -0.427 e. The number of hydrogen-bond acceptors (Lipinski definition) is 1. The molecule has 0 saturated carbocycles. The fourth-order valence-corrected chi connectivity index (χ4v) is 3.66. The maximum atomic E-state index is 10.3. The third kappa shape index (κ3) is 2.75. The molecule has 3 aromatic rings. The standard InChI is InChI=1S/C17H15OSi/c18-19(17-8-2-1-3-9-17)13-14-10-11-15-6-4-5-7-16(15)12-14/h1-12,18H,13H2. The van der Waals surface area contributed by atoms with Gasteiger partial charge in [0, 0.05) is 0 Å². The fraction of sp³-hybridized carbons (Fsp3) is 0.0588. The van der Waals surface area contributed by atoms with Gasteiger partial charge in [-0.15, -0.1) is 0 Å². The zero-order valence-corrected chi connectivity index (χ0v) is 11.6. The molecule has 0 atom stereocenters. The summed E-state index contributed by atoms with van der Waals surface area (Å²) in [5, 5.41) is 3.56. The topological polar surface area (TPSA) is 20.2 Å². The van der Waals surface area contributed by atoms with Crippen molar-refractivity contribution >= 4 is 25.0 Å². The van der Waals surface area contributed by atoms with E-state index in [-0.39, 0.29) is 0 Å². The number of rotatable bonds is 3. The van der Waals surface area contributed by atoms with E-state index >= 15 is 0 Å². The van der Waals surface area contributed by atoms with Crippen molar-refractivity contribution in [1.29, 1.82) is 0 Å². The summed E-state index contributed by atoms with van der Waals surface area (Å²) in [6.07, 6.45) is 0. The highest BCUT2D eigenvalue weighted by atomic mass is 28.3. The second kappa shape index (κ2) is 5.39. The summed E-state index contributed by atoms with van der Waals surface area (Å²) in [5.41, 5.74) is 1.21. The second-order valence-electron chi connectivity index (χ2n) is 4.67. The molecule has 2 heteroatoms. The van der Waals surface area contributed by atoms with Crippen molar-refractivity contribution in [3.63, 3.8) is 0 Å². The van der Waals surface area contributed by atoms with E-state index in [1.807, 2.05) is 42.5 Å². The summed E-state index contributed by atoms with van der Waals surface area (Å²) in [6.45, 7) is 0. The van der Waals surface area contributed by atoms with Crippen LogP contribution in [0, 0.1) is 0 Å². The average Bonchev–Trinajstić information content (AvgIpc) is 2.48. The normalized spacial score (nSPS) is 11.1. The first-order valence-electron chi connectivity index (χ1n) is 6.41. The molecular weight excluding hydrogens is 248 g/mol. The van der Waals surface area contributed by atoms with Crippen molar-refractivity contribution in [2.75, 3.05) is 0 Å². The zero-order valence-electron chi connectivity index (χ0n) is 10.6.